The van der Waals surface area contributed by atoms with Crippen molar-refractivity contribution < 1.29 is 19.0 Å². The van der Waals surface area contributed by atoms with Gasteiger partial charge in [0.2, 0.25) is 0 Å². The molecule has 1 atom stereocenters. The van der Waals surface area contributed by atoms with Crippen molar-refractivity contribution in [2.45, 2.75) is 26.1 Å². The fraction of sp³-hybridized carbons (Fsp3) is 0.286. The van der Waals surface area contributed by atoms with Crippen LogP contribution < -0.4 is 9.47 Å². The maximum absolute atomic E-state index is 5.90. The Morgan fingerprint density at radius 2 is 1.89 bits per heavy atom. The molecule has 0 N–H and O–H groups in total. The van der Waals surface area contributed by atoms with E-state index in [1.807, 2.05) is 50.3 Å². The molecule has 5 nitrogen and oxygen atoms in total. The highest BCUT2D eigenvalue weighted by Crippen LogP contribution is 2.22. The van der Waals surface area contributed by atoms with Gasteiger partial charge in [-0.25, -0.2) is 0 Å². The van der Waals surface area contributed by atoms with Crippen molar-refractivity contribution in [1.82, 2.24) is 0 Å². The normalized spacial score (nSPS) is 17.2. The first kappa shape index (κ1) is 22.1. The van der Waals surface area contributed by atoms with Gasteiger partial charge in [0.1, 0.15) is 40.2 Å². The summed E-state index contributed by atoms with van der Waals surface area (Å²) in [5, 5.41) is 4.10. The summed E-state index contributed by atoms with van der Waals surface area (Å²) in [7, 11) is 0. The third-order valence-corrected chi connectivity index (χ3v) is 3.63. The van der Waals surface area contributed by atoms with Crippen molar-refractivity contribution in [2.24, 2.45) is 5.16 Å². The summed E-state index contributed by atoms with van der Waals surface area (Å²) in [6.45, 7) is 8.08. The van der Waals surface area contributed by atoms with Gasteiger partial charge in [-0.05, 0) is 56.3 Å². The highest BCUT2D eigenvalue weighted by Gasteiger charge is 2.18. The van der Waals surface area contributed by atoms with Crippen molar-refractivity contribution in [3.8, 4) is 11.5 Å². The van der Waals surface area contributed by atoms with Crippen LogP contribution >= 0.6 is 23.2 Å². The molecule has 1 aromatic rings. The van der Waals surface area contributed by atoms with Gasteiger partial charge in [0.15, 0.2) is 0 Å². The van der Waals surface area contributed by atoms with E-state index in [1.165, 1.54) is 0 Å². The van der Waals surface area contributed by atoms with Crippen LogP contribution in [0.25, 0.3) is 0 Å². The summed E-state index contributed by atoms with van der Waals surface area (Å²) in [6.07, 6.45) is 8.23. The van der Waals surface area contributed by atoms with Crippen molar-refractivity contribution in [3.63, 3.8) is 0 Å². The van der Waals surface area contributed by atoms with Crippen LogP contribution in [0.1, 0.15) is 13.8 Å². The van der Waals surface area contributed by atoms with Crippen molar-refractivity contribution >= 4 is 28.9 Å². The molecule has 28 heavy (non-hydrogen) atoms. The molecule has 0 fully saturated rings. The van der Waals surface area contributed by atoms with Crippen LogP contribution in [-0.4, -0.2) is 31.1 Å². The molecular formula is C21H23Cl2NO4. The van der Waals surface area contributed by atoms with E-state index in [0.29, 0.717) is 17.2 Å². The van der Waals surface area contributed by atoms with Gasteiger partial charge in [-0.1, -0.05) is 41.0 Å². The van der Waals surface area contributed by atoms with Crippen molar-refractivity contribution in [2.75, 3.05) is 13.2 Å². The summed E-state index contributed by atoms with van der Waals surface area (Å²) in [4.78, 5) is 5.20. The highest BCUT2D eigenvalue weighted by atomic mass is 35.5. The van der Waals surface area contributed by atoms with Gasteiger partial charge in [-0.2, -0.15) is 0 Å². The summed E-state index contributed by atoms with van der Waals surface area (Å²) >= 11 is 11.2. The molecule has 0 bridgehead atoms. The highest BCUT2D eigenvalue weighted by molar-refractivity contribution is 6.55. The van der Waals surface area contributed by atoms with Gasteiger partial charge in [0.25, 0.3) is 0 Å². The molecule has 0 spiro atoms. The van der Waals surface area contributed by atoms with E-state index in [-0.39, 0.29) is 23.8 Å². The molecule has 7 heteroatoms. The molecule has 0 aromatic heterocycles. The first-order valence-electron chi connectivity index (χ1n) is 8.76. The molecule has 0 radical (unpaired) electrons. The van der Waals surface area contributed by atoms with E-state index in [0.717, 1.165) is 5.75 Å². The maximum atomic E-state index is 5.90. The maximum Gasteiger partial charge on any atom is 0.135 e. The molecule has 0 heterocycles. The molecule has 0 aliphatic heterocycles. The molecule has 1 unspecified atom stereocenters. The Morgan fingerprint density at radius 3 is 2.54 bits per heavy atom. The molecule has 1 aliphatic carbocycles. The molecular weight excluding hydrogens is 401 g/mol. The van der Waals surface area contributed by atoms with E-state index in [1.54, 1.807) is 18.2 Å². The predicted octanol–water partition coefficient (Wildman–Crippen LogP) is 5.57. The number of oxime groups is 1. The van der Waals surface area contributed by atoms with E-state index < -0.39 is 6.10 Å². The van der Waals surface area contributed by atoms with Crippen LogP contribution in [-0.2, 0) is 9.57 Å². The zero-order valence-corrected chi connectivity index (χ0v) is 17.3. The lowest BCUT2D eigenvalue weighted by atomic mass is 10.1. The first-order valence-corrected chi connectivity index (χ1v) is 9.51. The van der Waals surface area contributed by atoms with Gasteiger partial charge in [0, 0.05) is 6.08 Å². The van der Waals surface area contributed by atoms with Crippen LogP contribution in [0.4, 0.5) is 0 Å². The molecule has 1 aromatic carbocycles. The minimum atomic E-state index is -0.414. The van der Waals surface area contributed by atoms with Crippen LogP contribution in [0, 0.1) is 0 Å². The van der Waals surface area contributed by atoms with E-state index in [4.69, 9.17) is 42.3 Å². The standard InChI is InChI=1S/C21H23Cl2NO4/c1-4-12-26-24-19-14-18(9-10-20(19)25-13-11-21(22)23)28-17-7-5-16(6-8-17)27-15(2)3/h4-11,14-15,20H,1,12-13H2,2-3H3. The van der Waals surface area contributed by atoms with Crippen molar-refractivity contribution in [1.29, 1.82) is 0 Å². The second kappa shape index (κ2) is 11.6. The third kappa shape index (κ3) is 7.80. The number of hydrogen-bond acceptors (Lipinski definition) is 5. The molecule has 0 saturated carbocycles. The Balaban J connectivity index is 2.07. The molecule has 2 rings (SSSR count). The zero-order chi connectivity index (χ0) is 20.4. The number of nitrogens with zero attached hydrogens (tertiary/aromatic N) is 1. The Kier molecular flexibility index (Phi) is 9.14. The summed E-state index contributed by atoms with van der Waals surface area (Å²) in [5.41, 5.74) is 0.554. The quantitative estimate of drug-likeness (QED) is 0.280. The summed E-state index contributed by atoms with van der Waals surface area (Å²) in [5.74, 6) is 2.06. The average molecular weight is 424 g/mol. The second-order valence-electron chi connectivity index (χ2n) is 5.99. The molecule has 0 saturated heterocycles. The van der Waals surface area contributed by atoms with Gasteiger partial charge >= 0.3 is 0 Å². The van der Waals surface area contributed by atoms with E-state index >= 15 is 0 Å². The monoisotopic (exact) mass is 423 g/mol. The fourth-order valence-electron chi connectivity index (χ4n) is 2.21. The number of halogens is 2. The second-order valence-corrected chi connectivity index (χ2v) is 7.00. The molecule has 0 amide bonds. The number of hydrogen-bond donors (Lipinski definition) is 0. The Bertz CT molecular complexity index is 763. The first-order chi connectivity index (χ1) is 13.5. The number of ether oxygens (including phenoxy) is 3. The fourth-order valence-corrected chi connectivity index (χ4v) is 2.34. The van der Waals surface area contributed by atoms with Crippen LogP contribution in [0.5, 0.6) is 11.5 Å². The van der Waals surface area contributed by atoms with Crippen LogP contribution in [0.3, 0.4) is 0 Å². The lowest BCUT2D eigenvalue weighted by molar-refractivity contribution is 0.139. The van der Waals surface area contributed by atoms with Crippen molar-refractivity contribution in [3.05, 3.63) is 71.5 Å². The van der Waals surface area contributed by atoms with Gasteiger partial charge in [0.05, 0.1) is 12.7 Å². The molecule has 150 valence electrons. The SMILES string of the molecule is C=CCON=C1C=C(Oc2ccc(OC(C)C)cc2)C=CC1OCC=C(Cl)Cl. The predicted molar refractivity (Wildman–Crippen MR) is 113 cm³/mol. The number of allylic oxidation sites excluding steroid dienone is 1. The molecule has 1 aliphatic rings. The summed E-state index contributed by atoms with van der Waals surface area (Å²) < 4.78 is 17.4. The van der Waals surface area contributed by atoms with Crippen LogP contribution in [0.2, 0.25) is 0 Å². The Labute approximate surface area is 175 Å². The van der Waals surface area contributed by atoms with Gasteiger partial charge in [-0.3, -0.25) is 0 Å². The third-order valence-electron chi connectivity index (χ3n) is 3.32. The van der Waals surface area contributed by atoms with Gasteiger partial charge < -0.3 is 19.0 Å². The van der Waals surface area contributed by atoms with E-state index in [2.05, 4.69) is 11.7 Å². The Morgan fingerprint density at radius 1 is 1.18 bits per heavy atom. The average Bonchev–Trinajstić information content (AvgIpc) is 2.64. The lowest BCUT2D eigenvalue weighted by Crippen LogP contribution is -2.24. The van der Waals surface area contributed by atoms with E-state index in [9.17, 15) is 0 Å². The minimum absolute atomic E-state index is 0.116. The minimum Gasteiger partial charge on any atom is -0.491 e. The smallest absolute Gasteiger partial charge is 0.135 e. The topological polar surface area (TPSA) is 49.3 Å². The summed E-state index contributed by atoms with van der Waals surface area (Å²) in [6, 6.07) is 7.40. The Hall–Kier alpha value is -2.21. The van der Waals surface area contributed by atoms with Gasteiger partial charge in [-0.15, -0.1) is 0 Å². The number of benzene rings is 1. The lowest BCUT2D eigenvalue weighted by Gasteiger charge is -2.18. The largest absolute Gasteiger partial charge is 0.491 e. The van der Waals surface area contributed by atoms with Crippen LogP contribution in [0.15, 0.2) is 76.6 Å². The number of rotatable bonds is 10. The zero-order valence-electron chi connectivity index (χ0n) is 15.8.